The molecule has 0 atom stereocenters. The van der Waals surface area contributed by atoms with E-state index < -0.39 is 10.0 Å². The van der Waals surface area contributed by atoms with Crippen molar-refractivity contribution in [1.82, 2.24) is 9.21 Å². The number of aryl methyl sites for hydroxylation is 1. The van der Waals surface area contributed by atoms with Crippen molar-refractivity contribution >= 4 is 21.6 Å². The molecule has 0 spiro atoms. The second-order valence-corrected chi connectivity index (χ2v) is 9.39. The molecule has 7 nitrogen and oxygen atoms in total. The summed E-state index contributed by atoms with van der Waals surface area (Å²) in [4.78, 5) is 17.2. The molecule has 2 aromatic rings. The van der Waals surface area contributed by atoms with Crippen molar-refractivity contribution in [2.45, 2.75) is 11.8 Å². The number of methoxy groups -OCH3 is 1. The number of nitrogens with zero attached hydrogens (tertiary/aromatic N) is 3. The van der Waals surface area contributed by atoms with Crippen molar-refractivity contribution < 1.29 is 17.9 Å². The first-order valence-electron chi connectivity index (χ1n) is 9.45. The van der Waals surface area contributed by atoms with E-state index in [1.165, 1.54) is 20.2 Å². The van der Waals surface area contributed by atoms with Crippen molar-refractivity contribution in [3.63, 3.8) is 0 Å². The minimum atomic E-state index is -3.59. The van der Waals surface area contributed by atoms with Crippen molar-refractivity contribution in [1.29, 1.82) is 0 Å². The third-order valence-electron chi connectivity index (χ3n) is 5.22. The van der Waals surface area contributed by atoms with Crippen LogP contribution in [0.15, 0.2) is 47.4 Å². The number of ether oxygens (including phenoxy) is 1. The second-order valence-electron chi connectivity index (χ2n) is 7.24. The van der Waals surface area contributed by atoms with E-state index in [1.54, 1.807) is 24.1 Å². The first-order valence-corrected chi connectivity index (χ1v) is 10.9. The Morgan fingerprint density at radius 3 is 2.17 bits per heavy atom. The van der Waals surface area contributed by atoms with Crippen molar-refractivity contribution in [2.24, 2.45) is 0 Å². The molecule has 0 aromatic heterocycles. The standard InChI is InChI=1S/C21H27N3O4S/c1-16-5-10-19(29(26,27)22(2)3)15-20(16)21(25)24-13-11-23(12-14-24)17-6-8-18(28-4)9-7-17/h5-10,15H,11-14H2,1-4H3. The van der Waals surface area contributed by atoms with Crippen LogP contribution in [0.4, 0.5) is 5.69 Å². The summed E-state index contributed by atoms with van der Waals surface area (Å²) in [6, 6.07) is 12.6. The van der Waals surface area contributed by atoms with E-state index in [2.05, 4.69) is 4.90 Å². The summed E-state index contributed by atoms with van der Waals surface area (Å²) < 4.78 is 31.2. The Morgan fingerprint density at radius 2 is 1.62 bits per heavy atom. The lowest BCUT2D eigenvalue weighted by Crippen LogP contribution is -2.49. The van der Waals surface area contributed by atoms with Crippen LogP contribution >= 0.6 is 0 Å². The molecule has 1 aliphatic rings. The molecular weight excluding hydrogens is 390 g/mol. The van der Waals surface area contributed by atoms with Gasteiger partial charge in [0.15, 0.2) is 0 Å². The molecule has 0 N–H and O–H groups in total. The van der Waals surface area contributed by atoms with Gasteiger partial charge in [0.1, 0.15) is 5.75 Å². The molecule has 1 amide bonds. The molecule has 1 heterocycles. The van der Waals surface area contributed by atoms with Crippen molar-refractivity contribution in [3.8, 4) is 5.75 Å². The van der Waals surface area contributed by atoms with Crippen LogP contribution in [0.3, 0.4) is 0 Å². The summed E-state index contributed by atoms with van der Waals surface area (Å²) in [6.07, 6.45) is 0. The fourth-order valence-electron chi connectivity index (χ4n) is 3.33. The van der Waals surface area contributed by atoms with E-state index in [-0.39, 0.29) is 10.8 Å². The summed E-state index contributed by atoms with van der Waals surface area (Å²) in [5.74, 6) is 0.679. The average Bonchev–Trinajstić information content (AvgIpc) is 2.73. The highest BCUT2D eigenvalue weighted by Gasteiger charge is 2.25. The van der Waals surface area contributed by atoms with Crippen molar-refractivity contribution in [3.05, 3.63) is 53.6 Å². The topological polar surface area (TPSA) is 70.2 Å². The smallest absolute Gasteiger partial charge is 0.254 e. The van der Waals surface area contributed by atoms with Gasteiger partial charge in [-0.25, -0.2) is 12.7 Å². The second kappa shape index (κ2) is 8.42. The zero-order valence-corrected chi connectivity index (χ0v) is 18.1. The summed E-state index contributed by atoms with van der Waals surface area (Å²) in [5, 5.41) is 0. The van der Waals surface area contributed by atoms with Crippen LogP contribution < -0.4 is 9.64 Å². The Bertz CT molecular complexity index is 979. The Morgan fingerprint density at radius 1 is 1.00 bits per heavy atom. The van der Waals surface area contributed by atoms with E-state index in [0.29, 0.717) is 31.7 Å². The van der Waals surface area contributed by atoms with Gasteiger partial charge in [-0.1, -0.05) is 6.07 Å². The number of hydrogen-bond donors (Lipinski definition) is 0. The van der Waals surface area contributed by atoms with Gasteiger partial charge in [-0.05, 0) is 48.9 Å². The molecule has 0 aliphatic carbocycles. The number of anilines is 1. The maximum absolute atomic E-state index is 13.1. The largest absolute Gasteiger partial charge is 0.497 e. The van der Waals surface area contributed by atoms with E-state index in [4.69, 9.17) is 4.74 Å². The lowest BCUT2D eigenvalue weighted by atomic mass is 10.1. The molecule has 3 rings (SSSR count). The lowest BCUT2D eigenvalue weighted by molar-refractivity contribution is 0.0746. The Kier molecular flexibility index (Phi) is 6.14. The highest BCUT2D eigenvalue weighted by atomic mass is 32.2. The molecular formula is C21H27N3O4S. The lowest BCUT2D eigenvalue weighted by Gasteiger charge is -2.36. The monoisotopic (exact) mass is 417 g/mol. The summed E-state index contributed by atoms with van der Waals surface area (Å²) >= 11 is 0. The molecule has 8 heteroatoms. The molecule has 2 aromatic carbocycles. The predicted octanol–water partition coefficient (Wildman–Crippen LogP) is 2.22. The Labute approximate surface area is 172 Å². The van der Waals surface area contributed by atoms with Crippen LogP contribution in [0.5, 0.6) is 5.75 Å². The molecule has 0 saturated carbocycles. The fraction of sp³-hybridized carbons (Fsp3) is 0.381. The first-order chi connectivity index (χ1) is 13.7. The minimum absolute atomic E-state index is 0.132. The van der Waals surface area contributed by atoms with E-state index in [0.717, 1.165) is 21.3 Å². The molecule has 0 bridgehead atoms. The van der Waals surface area contributed by atoms with E-state index >= 15 is 0 Å². The summed E-state index contributed by atoms with van der Waals surface area (Å²) in [5.41, 5.74) is 2.30. The molecule has 1 saturated heterocycles. The Balaban J connectivity index is 1.73. The van der Waals surface area contributed by atoms with Crippen LogP contribution in [0.2, 0.25) is 0 Å². The number of carbonyl (C=O) groups excluding carboxylic acids is 1. The minimum Gasteiger partial charge on any atom is -0.497 e. The molecule has 29 heavy (non-hydrogen) atoms. The van der Waals surface area contributed by atoms with E-state index in [9.17, 15) is 13.2 Å². The van der Waals surface area contributed by atoms with Gasteiger partial charge >= 0.3 is 0 Å². The van der Waals surface area contributed by atoms with Crippen LogP contribution in [0, 0.1) is 6.92 Å². The maximum atomic E-state index is 13.1. The van der Waals surface area contributed by atoms with Gasteiger partial charge in [-0.3, -0.25) is 4.79 Å². The zero-order valence-electron chi connectivity index (χ0n) is 17.3. The number of hydrogen-bond acceptors (Lipinski definition) is 5. The molecule has 0 unspecified atom stereocenters. The molecule has 1 aliphatic heterocycles. The first kappa shape index (κ1) is 21.1. The van der Waals surface area contributed by atoms with Gasteiger partial charge in [0.2, 0.25) is 10.0 Å². The number of benzene rings is 2. The zero-order chi connectivity index (χ0) is 21.2. The van der Waals surface area contributed by atoms with E-state index in [1.807, 2.05) is 31.2 Å². The third kappa shape index (κ3) is 4.38. The van der Waals surface area contributed by atoms with Gasteiger partial charge in [-0.2, -0.15) is 0 Å². The van der Waals surface area contributed by atoms with Gasteiger partial charge in [0.05, 0.1) is 12.0 Å². The van der Waals surface area contributed by atoms with Gasteiger partial charge in [0, 0.05) is 51.5 Å². The van der Waals surface area contributed by atoms with Crippen LogP contribution in [0.25, 0.3) is 0 Å². The maximum Gasteiger partial charge on any atom is 0.254 e. The highest BCUT2D eigenvalue weighted by molar-refractivity contribution is 7.89. The van der Waals surface area contributed by atoms with Crippen LogP contribution in [0.1, 0.15) is 15.9 Å². The average molecular weight is 418 g/mol. The number of rotatable bonds is 5. The number of piperazine rings is 1. The SMILES string of the molecule is COc1ccc(N2CCN(C(=O)c3cc(S(=O)(=O)N(C)C)ccc3C)CC2)cc1. The molecule has 0 radical (unpaired) electrons. The van der Waals surface area contributed by atoms with Gasteiger partial charge in [-0.15, -0.1) is 0 Å². The van der Waals surface area contributed by atoms with Crippen molar-refractivity contribution in [2.75, 3.05) is 52.3 Å². The van der Waals surface area contributed by atoms with Gasteiger partial charge in [0.25, 0.3) is 5.91 Å². The summed E-state index contributed by atoms with van der Waals surface area (Å²) in [7, 11) is 1.01. The predicted molar refractivity (Wildman–Crippen MR) is 113 cm³/mol. The summed E-state index contributed by atoms with van der Waals surface area (Å²) in [6.45, 7) is 4.41. The quantitative estimate of drug-likeness (QED) is 0.746. The number of amides is 1. The van der Waals surface area contributed by atoms with Crippen LogP contribution in [-0.4, -0.2) is 70.9 Å². The highest BCUT2D eigenvalue weighted by Crippen LogP contribution is 2.23. The molecule has 156 valence electrons. The Hall–Kier alpha value is -2.58. The van der Waals surface area contributed by atoms with Gasteiger partial charge < -0.3 is 14.5 Å². The normalized spacial score (nSPS) is 14.9. The van der Waals surface area contributed by atoms with Crippen LogP contribution in [-0.2, 0) is 10.0 Å². The number of carbonyl (C=O) groups is 1. The third-order valence-corrected chi connectivity index (χ3v) is 7.03. The molecule has 1 fully saturated rings. The fourth-order valence-corrected chi connectivity index (χ4v) is 4.26. The number of sulfonamides is 1.